The number of rotatable bonds is 0. The molecule has 2 rings (SSSR count). The second-order valence-electron chi connectivity index (χ2n) is 4.11. The van der Waals surface area contributed by atoms with Gasteiger partial charge in [-0.15, -0.1) is 0 Å². The lowest BCUT2D eigenvalue weighted by Crippen LogP contribution is -2.16. The van der Waals surface area contributed by atoms with E-state index in [9.17, 15) is 0 Å². The summed E-state index contributed by atoms with van der Waals surface area (Å²) in [7, 11) is 0. The van der Waals surface area contributed by atoms with Crippen LogP contribution in [0.15, 0.2) is 0 Å². The third-order valence-corrected chi connectivity index (χ3v) is 1.87. The fourth-order valence-electron chi connectivity index (χ4n) is 1.08. The van der Waals surface area contributed by atoms with E-state index < -0.39 is 0 Å². The van der Waals surface area contributed by atoms with E-state index in [0.717, 1.165) is 11.6 Å². The molecule has 5 heteroatoms. The predicted octanol–water partition coefficient (Wildman–Crippen LogP) is 0.995. The molecule has 0 bridgehead atoms. The van der Waals surface area contributed by atoms with E-state index in [1.165, 1.54) is 0 Å². The van der Waals surface area contributed by atoms with Crippen molar-refractivity contribution in [2.24, 2.45) is 0 Å². The molecule has 1 aliphatic rings. The Kier molecular flexibility index (Phi) is 1.85. The van der Waals surface area contributed by atoms with Gasteiger partial charge in [-0.3, -0.25) is 0 Å². The van der Waals surface area contributed by atoms with E-state index in [1.807, 2.05) is 0 Å². The first-order valence-corrected chi connectivity index (χ1v) is 4.26. The number of hydrogen-bond donors (Lipinski definition) is 0. The van der Waals surface area contributed by atoms with Gasteiger partial charge >= 0.3 is 0 Å². The average molecular weight is 183 g/mol. The molecule has 1 aromatic rings. The highest BCUT2D eigenvalue weighted by molar-refractivity contribution is 5.03. The molecule has 0 fully saturated rings. The van der Waals surface area contributed by atoms with Crippen LogP contribution in [0.1, 0.15) is 32.4 Å². The van der Waals surface area contributed by atoms with Crippen LogP contribution in [0, 0.1) is 0 Å². The van der Waals surface area contributed by atoms with Crippen LogP contribution in [0.4, 0.5) is 0 Å². The molecular weight excluding hydrogens is 170 g/mol. The molecule has 5 nitrogen and oxygen atoms in total. The van der Waals surface area contributed by atoms with Gasteiger partial charge in [0.1, 0.15) is 6.61 Å². The van der Waals surface area contributed by atoms with E-state index >= 15 is 0 Å². The Balaban J connectivity index is 2.36. The Morgan fingerprint density at radius 3 is 2.69 bits per heavy atom. The summed E-state index contributed by atoms with van der Waals surface area (Å²) >= 11 is 0. The normalized spacial score (nSPS) is 17.2. The van der Waals surface area contributed by atoms with Crippen molar-refractivity contribution >= 4 is 0 Å². The van der Waals surface area contributed by atoms with Crippen molar-refractivity contribution in [1.29, 1.82) is 0 Å². The molecule has 13 heavy (non-hydrogen) atoms. The van der Waals surface area contributed by atoms with E-state index in [2.05, 4.69) is 30.9 Å². The van der Waals surface area contributed by atoms with E-state index in [4.69, 9.17) is 9.78 Å². The molecule has 1 aliphatic heterocycles. The van der Waals surface area contributed by atoms with Crippen LogP contribution in [0.5, 0.6) is 0 Å². The topological polar surface area (TPSA) is 49.2 Å². The first-order chi connectivity index (χ1) is 6.07. The molecule has 0 aromatic carbocycles. The maximum atomic E-state index is 4.80. The van der Waals surface area contributed by atoms with Crippen LogP contribution in [-0.4, -0.2) is 14.8 Å². The van der Waals surface area contributed by atoms with Gasteiger partial charge in [0.25, 0.3) is 0 Å². The van der Waals surface area contributed by atoms with Crippen LogP contribution in [0.3, 0.4) is 0 Å². The van der Waals surface area contributed by atoms with Gasteiger partial charge in [0.2, 0.25) is 0 Å². The average Bonchev–Trinajstić information content (AvgIpc) is 2.45. The van der Waals surface area contributed by atoms with Gasteiger partial charge in [-0.1, -0.05) is 20.8 Å². The molecule has 2 heterocycles. The molecule has 0 saturated carbocycles. The fraction of sp³-hybridized carbons (Fsp3) is 0.750. The molecule has 0 amide bonds. The van der Waals surface area contributed by atoms with Crippen molar-refractivity contribution < 1.29 is 9.78 Å². The van der Waals surface area contributed by atoms with E-state index in [-0.39, 0.29) is 5.41 Å². The smallest absolute Gasteiger partial charge is 0.176 e. The Bertz CT molecular complexity index is 290. The third kappa shape index (κ3) is 1.57. The van der Waals surface area contributed by atoms with Crippen LogP contribution in [0.2, 0.25) is 0 Å². The molecule has 0 saturated heterocycles. The summed E-state index contributed by atoms with van der Waals surface area (Å²) in [5, 5.41) is 4.32. The summed E-state index contributed by atoms with van der Waals surface area (Å²) in [5.74, 6) is 1.66. The SMILES string of the molecule is CC(C)(C)c1nc2n(n1)COOC2. The summed E-state index contributed by atoms with van der Waals surface area (Å²) in [6, 6.07) is 0. The van der Waals surface area contributed by atoms with Crippen molar-refractivity contribution in [1.82, 2.24) is 14.8 Å². The molecule has 0 radical (unpaired) electrons. The van der Waals surface area contributed by atoms with Crippen LogP contribution in [-0.2, 0) is 28.5 Å². The lowest BCUT2D eigenvalue weighted by molar-refractivity contribution is -0.343. The Morgan fingerprint density at radius 2 is 2.08 bits per heavy atom. The first-order valence-electron chi connectivity index (χ1n) is 4.26. The highest BCUT2D eigenvalue weighted by Gasteiger charge is 2.23. The molecule has 0 spiro atoms. The number of fused-ring (bicyclic) bond motifs is 1. The van der Waals surface area contributed by atoms with Crippen LogP contribution in [0.25, 0.3) is 0 Å². The lowest BCUT2D eigenvalue weighted by atomic mass is 9.96. The van der Waals surface area contributed by atoms with Crippen molar-refractivity contribution in [3.8, 4) is 0 Å². The predicted molar refractivity (Wildman–Crippen MR) is 44.6 cm³/mol. The highest BCUT2D eigenvalue weighted by Crippen LogP contribution is 2.19. The molecule has 1 aromatic heterocycles. The highest BCUT2D eigenvalue weighted by atomic mass is 17.2. The maximum absolute atomic E-state index is 4.80. The molecule has 0 aliphatic carbocycles. The van der Waals surface area contributed by atoms with Gasteiger partial charge < -0.3 is 0 Å². The minimum atomic E-state index is -0.0235. The summed E-state index contributed by atoms with van der Waals surface area (Å²) in [4.78, 5) is 13.9. The second kappa shape index (κ2) is 2.78. The standard InChI is InChI=1S/C8H13N3O2/c1-8(2,3)7-9-6-4-12-13-5-11(6)10-7/h4-5H2,1-3H3. The summed E-state index contributed by atoms with van der Waals surface area (Å²) in [5.41, 5.74) is -0.0235. The van der Waals surface area contributed by atoms with Crippen LogP contribution < -0.4 is 0 Å². The van der Waals surface area contributed by atoms with Gasteiger partial charge in [0.05, 0.1) is 0 Å². The zero-order valence-electron chi connectivity index (χ0n) is 8.07. The summed E-state index contributed by atoms with van der Waals surface area (Å²) in [6.07, 6.45) is 0. The van der Waals surface area contributed by atoms with Crippen molar-refractivity contribution in [2.75, 3.05) is 0 Å². The van der Waals surface area contributed by atoms with Gasteiger partial charge in [0.15, 0.2) is 18.4 Å². The number of hydrogen-bond acceptors (Lipinski definition) is 4. The maximum Gasteiger partial charge on any atom is 0.176 e. The molecule has 72 valence electrons. The Labute approximate surface area is 76.6 Å². The van der Waals surface area contributed by atoms with E-state index in [1.54, 1.807) is 4.68 Å². The second-order valence-corrected chi connectivity index (χ2v) is 4.11. The lowest BCUT2D eigenvalue weighted by Gasteiger charge is -2.12. The van der Waals surface area contributed by atoms with Crippen molar-refractivity contribution in [2.45, 2.75) is 39.5 Å². The minimum Gasteiger partial charge on any atom is -0.227 e. The molecule has 0 N–H and O–H groups in total. The molecular formula is C8H13N3O2. The zero-order valence-corrected chi connectivity index (χ0v) is 8.07. The quantitative estimate of drug-likeness (QED) is 0.563. The minimum absolute atomic E-state index is 0.0235. The zero-order chi connectivity index (χ0) is 9.47. The third-order valence-electron chi connectivity index (χ3n) is 1.87. The number of aromatic nitrogens is 3. The van der Waals surface area contributed by atoms with Crippen LogP contribution >= 0.6 is 0 Å². The van der Waals surface area contributed by atoms with Gasteiger partial charge in [-0.2, -0.15) is 5.10 Å². The Morgan fingerprint density at radius 1 is 1.31 bits per heavy atom. The number of nitrogens with zero attached hydrogens (tertiary/aromatic N) is 3. The van der Waals surface area contributed by atoms with Crippen molar-refractivity contribution in [3.05, 3.63) is 11.6 Å². The summed E-state index contributed by atoms with van der Waals surface area (Å²) < 4.78 is 1.73. The van der Waals surface area contributed by atoms with Gasteiger partial charge in [0, 0.05) is 5.41 Å². The van der Waals surface area contributed by atoms with Gasteiger partial charge in [-0.05, 0) is 0 Å². The van der Waals surface area contributed by atoms with E-state index in [0.29, 0.717) is 13.3 Å². The molecule has 0 atom stereocenters. The fourth-order valence-corrected chi connectivity index (χ4v) is 1.08. The van der Waals surface area contributed by atoms with Gasteiger partial charge in [-0.25, -0.2) is 19.4 Å². The summed E-state index contributed by atoms with van der Waals surface area (Å²) in [6.45, 7) is 6.95. The largest absolute Gasteiger partial charge is 0.227 e. The first kappa shape index (κ1) is 8.65. The monoisotopic (exact) mass is 183 g/mol. The van der Waals surface area contributed by atoms with Crippen molar-refractivity contribution in [3.63, 3.8) is 0 Å². The molecule has 0 unspecified atom stereocenters. The Hall–Kier alpha value is -0.940.